The monoisotopic (exact) mass is 437 g/mol. The van der Waals surface area contributed by atoms with E-state index in [9.17, 15) is 4.79 Å². The van der Waals surface area contributed by atoms with Gasteiger partial charge in [-0.2, -0.15) is 0 Å². The minimum atomic E-state index is 0.417. The molecule has 23 heavy (non-hydrogen) atoms. The Bertz CT molecular complexity index is 669. The highest BCUT2D eigenvalue weighted by Crippen LogP contribution is 2.27. The van der Waals surface area contributed by atoms with E-state index in [-0.39, 0.29) is 0 Å². The third kappa shape index (κ3) is 4.75. The molecule has 0 bridgehead atoms. The van der Waals surface area contributed by atoms with Crippen molar-refractivity contribution in [1.82, 2.24) is 4.90 Å². The zero-order chi connectivity index (χ0) is 17.0. The summed E-state index contributed by atoms with van der Waals surface area (Å²) >= 11 is 7.21. The maximum Gasteiger partial charge on any atom is 0.134 e. The summed E-state index contributed by atoms with van der Waals surface area (Å²) in [7, 11) is 0. The lowest BCUT2D eigenvalue weighted by atomic mass is 9.99. The Morgan fingerprint density at radius 1 is 0.957 bits per heavy atom. The number of halogens is 2. The summed E-state index contributed by atoms with van der Waals surface area (Å²) < 4.78 is 2.11. The maximum absolute atomic E-state index is 11.1. The van der Waals surface area contributed by atoms with Gasteiger partial charge in [0, 0.05) is 22.0 Å². The van der Waals surface area contributed by atoms with Crippen LogP contribution in [0, 0.1) is 20.8 Å². The van der Waals surface area contributed by atoms with Gasteiger partial charge < -0.3 is 4.79 Å². The van der Waals surface area contributed by atoms with Crippen LogP contribution in [0.2, 0.25) is 0 Å². The lowest BCUT2D eigenvalue weighted by Crippen LogP contribution is -2.26. The molecule has 0 atom stereocenters. The van der Waals surface area contributed by atoms with E-state index in [1.807, 2.05) is 18.2 Å². The predicted molar refractivity (Wildman–Crippen MR) is 103 cm³/mol. The second kappa shape index (κ2) is 8.22. The number of hydrogen-bond donors (Lipinski definition) is 0. The van der Waals surface area contributed by atoms with E-state index >= 15 is 0 Å². The van der Waals surface area contributed by atoms with Gasteiger partial charge in [0.05, 0.1) is 6.54 Å². The van der Waals surface area contributed by atoms with E-state index < -0.39 is 0 Å². The molecule has 0 N–H and O–H groups in total. The molecule has 0 unspecified atom stereocenters. The van der Waals surface area contributed by atoms with Crippen molar-refractivity contribution in [1.29, 1.82) is 0 Å². The van der Waals surface area contributed by atoms with Crippen molar-refractivity contribution < 1.29 is 4.79 Å². The van der Waals surface area contributed by atoms with Gasteiger partial charge in [-0.3, -0.25) is 4.90 Å². The van der Waals surface area contributed by atoms with Crippen LogP contribution in [0.15, 0.2) is 39.3 Å². The number of hydrogen-bond acceptors (Lipinski definition) is 2. The van der Waals surface area contributed by atoms with Gasteiger partial charge in [-0.25, -0.2) is 0 Å². The summed E-state index contributed by atoms with van der Waals surface area (Å²) in [5.74, 6) is 0. The first-order chi connectivity index (χ1) is 10.9. The van der Waals surface area contributed by atoms with Crippen molar-refractivity contribution in [3.63, 3.8) is 0 Å². The van der Waals surface area contributed by atoms with Crippen molar-refractivity contribution in [3.05, 3.63) is 67.1 Å². The van der Waals surface area contributed by atoms with Crippen molar-refractivity contribution >= 4 is 38.1 Å². The normalized spacial score (nSPS) is 11.0. The Labute approximate surface area is 155 Å². The summed E-state index contributed by atoms with van der Waals surface area (Å²) in [4.78, 5) is 13.3. The summed E-state index contributed by atoms with van der Waals surface area (Å²) in [6, 6.07) is 10.5. The van der Waals surface area contributed by atoms with Crippen LogP contribution in [-0.2, 0) is 17.9 Å². The van der Waals surface area contributed by atoms with E-state index in [2.05, 4.69) is 69.7 Å². The van der Waals surface area contributed by atoms with E-state index in [4.69, 9.17) is 0 Å². The highest BCUT2D eigenvalue weighted by Gasteiger charge is 2.14. The second-order valence-corrected chi connectivity index (χ2v) is 7.62. The molecule has 0 fully saturated rings. The molecule has 2 aromatic rings. The molecular formula is C19H21Br2NO. The first kappa shape index (κ1) is 18.4. The molecule has 0 aliphatic carbocycles. The third-order valence-corrected chi connectivity index (χ3v) is 5.48. The fourth-order valence-electron chi connectivity index (χ4n) is 2.88. The molecule has 0 saturated heterocycles. The first-order valence-corrected chi connectivity index (χ1v) is 9.16. The molecule has 0 saturated carbocycles. The van der Waals surface area contributed by atoms with Gasteiger partial charge in [-0.05, 0) is 55.2 Å². The molecule has 0 spiro atoms. The fourth-order valence-corrected chi connectivity index (χ4v) is 4.13. The lowest BCUT2D eigenvalue weighted by molar-refractivity contribution is -0.109. The number of aryl methyl sites for hydroxylation is 3. The molecular weight excluding hydrogens is 418 g/mol. The topological polar surface area (TPSA) is 20.3 Å². The van der Waals surface area contributed by atoms with E-state index in [0.29, 0.717) is 13.1 Å². The van der Waals surface area contributed by atoms with Crippen LogP contribution in [-0.4, -0.2) is 17.7 Å². The van der Waals surface area contributed by atoms with Gasteiger partial charge in [-0.1, -0.05) is 55.6 Å². The largest absolute Gasteiger partial charge is 0.302 e. The molecule has 0 aliphatic heterocycles. The van der Waals surface area contributed by atoms with Crippen LogP contribution >= 0.6 is 31.9 Å². The minimum Gasteiger partial charge on any atom is -0.302 e. The molecule has 2 aromatic carbocycles. The van der Waals surface area contributed by atoms with Crippen molar-refractivity contribution in [3.8, 4) is 0 Å². The average Bonchev–Trinajstić information content (AvgIpc) is 2.46. The Hall–Kier alpha value is -0.970. The van der Waals surface area contributed by atoms with E-state index in [0.717, 1.165) is 27.3 Å². The van der Waals surface area contributed by atoms with Gasteiger partial charge >= 0.3 is 0 Å². The van der Waals surface area contributed by atoms with E-state index in [1.165, 1.54) is 22.3 Å². The van der Waals surface area contributed by atoms with Gasteiger partial charge in [0.1, 0.15) is 6.29 Å². The van der Waals surface area contributed by atoms with Gasteiger partial charge in [0.2, 0.25) is 0 Å². The smallest absolute Gasteiger partial charge is 0.134 e. The Morgan fingerprint density at radius 2 is 1.48 bits per heavy atom. The van der Waals surface area contributed by atoms with Crippen LogP contribution in [0.4, 0.5) is 0 Å². The van der Waals surface area contributed by atoms with Crippen LogP contribution < -0.4 is 0 Å². The molecule has 2 rings (SSSR count). The number of nitrogens with zero attached hydrogens (tertiary/aromatic N) is 1. The highest BCUT2D eigenvalue weighted by atomic mass is 79.9. The third-order valence-electron chi connectivity index (χ3n) is 4.00. The fraction of sp³-hybridized carbons (Fsp3) is 0.316. The summed E-state index contributed by atoms with van der Waals surface area (Å²) in [6.45, 7) is 8.30. The van der Waals surface area contributed by atoms with Crippen molar-refractivity contribution in [2.24, 2.45) is 0 Å². The van der Waals surface area contributed by atoms with Gasteiger partial charge in [0.25, 0.3) is 0 Å². The van der Waals surface area contributed by atoms with Crippen molar-refractivity contribution in [2.45, 2.75) is 33.9 Å². The lowest BCUT2D eigenvalue weighted by Gasteiger charge is -2.23. The Kier molecular flexibility index (Phi) is 6.57. The summed E-state index contributed by atoms with van der Waals surface area (Å²) in [5.41, 5.74) is 6.31. The van der Waals surface area contributed by atoms with Crippen LogP contribution in [0.25, 0.3) is 0 Å². The Morgan fingerprint density at radius 3 is 2.00 bits per heavy atom. The first-order valence-electron chi connectivity index (χ1n) is 7.58. The number of carbonyl (C=O) groups is 1. The zero-order valence-corrected chi connectivity index (χ0v) is 16.9. The second-order valence-electron chi connectivity index (χ2n) is 5.91. The predicted octanol–water partition coefficient (Wildman–Crippen LogP) is 5.34. The Balaban J connectivity index is 2.28. The van der Waals surface area contributed by atoms with Crippen LogP contribution in [0.5, 0.6) is 0 Å². The number of aldehydes is 1. The van der Waals surface area contributed by atoms with Crippen LogP contribution in [0.1, 0.15) is 27.8 Å². The maximum atomic E-state index is 11.1. The minimum absolute atomic E-state index is 0.417. The zero-order valence-electron chi connectivity index (χ0n) is 13.7. The molecule has 122 valence electrons. The SMILES string of the molecule is Cc1cc(C)c(CN(CC=O)Cc2c(Br)cccc2Br)c(C)c1. The highest BCUT2D eigenvalue weighted by molar-refractivity contribution is 9.11. The molecule has 0 aromatic heterocycles. The standard InChI is InChI=1S/C19H21Br2NO/c1-13-9-14(2)16(15(3)10-13)11-22(7-8-23)12-17-18(20)5-4-6-19(17)21/h4-6,8-10H,7,11-12H2,1-3H3. The molecule has 2 nitrogen and oxygen atoms in total. The molecule has 0 heterocycles. The van der Waals surface area contributed by atoms with Gasteiger partial charge in [-0.15, -0.1) is 0 Å². The number of carbonyl (C=O) groups excluding carboxylic acids is 1. The van der Waals surface area contributed by atoms with Gasteiger partial charge in [0.15, 0.2) is 0 Å². The van der Waals surface area contributed by atoms with Crippen molar-refractivity contribution in [2.75, 3.05) is 6.54 Å². The van der Waals surface area contributed by atoms with E-state index in [1.54, 1.807) is 0 Å². The molecule has 0 radical (unpaired) electrons. The molecule has 0 aliphatic rings. The molecule has 4 heteroatoms. The summed E-state index contributed by atoms with van der Waals surface area (Å²) in [6.07, 6.45) is 0.976. The number of benzene rings is 2. The number of rotatable bonds is 6. The summed E-state index contributed by atoms with van der Waals surface area (Å²) in [5, 5.41) is 0. The quantitative estimate of drug-likeness (QED) is 0.567. The average molecular weight is 439 g/mol. The van der Waals surface area contributed by atoms with Crippen LogP contribution in [0.3, 0.4) is 0 Å². The molecule has 0 amide bonds.